The van der Waals surface area contributed by atoms with Crippen LogP contribution in [0.2, 0.25) is 0 Å². The van der Waals surface area contributed by atoms with Crippen LogP contribution in [0, 0.1) is 12.8 Å². The second-order valence-electron chi connectivity index (χ2n) is 6.44. The van der Waals surface area contributed by atoms with Gasteiger partial charge in [0.2, 0.25) is 0 Å². The van der Waals surface area contributed by atoms with Crippen molar-refractivity contribution in [2.75, 3.05) is 13.2 Å². The summed E-state index contributed by atoms with van der Waals surface area (Å²) >= 11 is 0. The van der Waals surface area contributed by atoms with Crippen molar-refractivity contribution >= 4 is 17.0 Å². The number of aromatic nitrogens is 1. The zero-order chi connectivity index (χ0) is 17.2. The largest absolute Gasteiger partial charge is 0.493 e. The molecule has 1 amide bonds. The Hall–Kier alpha value is -2.82. The van der Waals surface area contributed by atoms with Gasteiger partial charge >= 0.3 is 0 Å². The van der Waals surface area contributed by atoms with E-state index in [0.717, 1.165) is 24.1 Å². The van der Waals surface area contributed by atoms with Crippen molar-refractivity contribution in [1.82, 2.24) is 10.3 Å². The number of hydrogen-bond donors (Lipinski definition) is 1. The van der Waals surface area contributed by atoms with Gasteiger partial charge in [-0.05, 0) is 48.6 Å². The first-order chi connectivity index (χ1) is 12.2. The van der Waals surface area contributed by atoms with Crippen LogP contribution in [0.3, 0.4) is 0 Å². The van der Waals surface area contributed by atoms with E-state index in [-0.39, 0.29) is 5.91 Å². The van der Waals surface area contributed by atoms with Crippen LogP contribution in [-0.2, 0) is 6.42 Å². The highest BCUT2D eigenvalue weighted by Gasteiger charge is 2.18. The maximum atomic E-state index is 12.5. The molecule has 0 saturated heterocycles. The van der Waals surface area contributed by atoms with Crippen LogP contribution in [0.25, 0.3) is 11.1 Å². The normalized spacial score (nSPS) is 16.8. The van der Waals surface area contributed by atoms with Gasteiger partial charge in [0.25, 0.3) is 5.91 Å². The molecule has 0 spiro atoms. The number of nitrogens with one attached hydrogen (secondary N) is 1. The molecular formula is C20H20N2O3. The monoisotopic (exact) mass is 336 g/mol. The molecule has 128 valence electrons. The average molecular weight is 336 g/mol. The molecule has 0 bridgehead atoms. The Balaban J connectivity index is 1.42. The zero-order valence-electron chi connectivity index (χ0n) is 14.1. The van der Waals surface area contributed by atoms with Gasteiger partial charge in [0.15, 0.2) is 11.5 Å². The van der Waals surface area contributed by atoms with Gasteiger partial charge in [-0.3, -0.25) is 4.79 Å². The smallest absolute Gasteiger partial charge is 0.251 e. The van der Waals surface area contributed by atoms with E-state index in [2.05, 4.69) is 16.4 Å². The summed E-state index contributed by atoms with van der Waals surface area (Å²) in [7, 11) is 0. The molecule has 0 fully saturated rings. The van der Waals surface area contributed by atoms with E-state index < -0.39 is 0 Å². The van der Waals surface area contributed by atoms with Gasteiger partial charge < -0.3 is 14.5 Å². The molecule has 1 N–H and O–H groups in total. The molecule has 0 radical (unpaired) electrons. The van der Waals surface area contributed by atoms with Crippen molar-refractivity contribution in [1.29, 1.82) is 0 Å². The molecule has 1 aromatic heterocycles. The molecule has 1 aliphatic rings. The second kappa shape index (κ2) is 6.59. The number of oxazole rings is 1. The van der Waals surface area contributed by atoms with Crippen molar-refractivity contribution in [3.05, 3.63) is 59.5 Å². The highest BCUT2D eigenvalue weighted by molar-refractivity contribution is 5.97. The van der Waals surface area contributed by atoms with E-state index in [1.165, 1.54) is 5.56 Å². The number of nitrogens with zero attached hydrogens (tertiary/aromatic N) is 1. The van der Waals surface area contributed by atoms with Crippen molar-refractivity contribution < 1.29 is 13.9 Å². The molecule has 0 aliphatic carbocycles. The summed E-state index contributed by atoms with van der Waals surface area (Å²) in [5, 5.41) is 3.04. The average Bonchev–Trinajstić information content (AvgIpc) is 2.86. The van der Waals surface area contributed by atoms with Crippen molar-refractivity contribution in [3.8, 4) is 5.75 Å². The lowest BCUT2D eigenvalue weighted by Gasteiger charge is -2.14. The Morgan fingerprint density at radius 1 is 1.28 bits per heavy atom. The predicted octanol–water partition coefficient (Wildman–Crippen LogP) is 3.51. The maximum absolute atomic E-state index is 12.5. The molecule has 1 atom stereocenters. The zero-order valence-corrected chi connectivity index (χ0v) is 14.1. The summed E-state index contributed by atoms with van der Waals surface area (Å²) in [6, 6.07) is 13.5. The third-order valence-corrected chi connectivity index (χ3v) is 4.57. The van der Waals surface area contributed by atoms with Crippen molar-refractivity contribution in [2.24, 2.45) is 5.92 Å². The van der Waals surface area contributed by atoms with Gasteiger partial charge in [-0.2, -0.15) is 0 Å². The number of aryl methyl sites for hydroxylation is 1. The van der Waals surface area contributed by atoms with E-state index in [9.17, 15) is 4.79 Å². The van der Waals surface area contributed by atoms with Gasteiger partial charge in [-0.15, -0.1) is 0 Å². The number of rotatable bonds is 3. The summed E-state index contributed by atoms with van der Waals surface area (Å²) in [6.07, 6.45) is 1.84. The molecule has 5 heteroatoms. The molecule has 2 aromatic carbocycles. The van der Waals surface area contributed by atoms with Gasteiger partial charge in [-0.1, -0.05) is 18.2 Å². The number of hydrogen-bond acceptors (Lipinski definition) is 4. The van der Waals surface area contributed by atoms with Gasteiger partial charge in [0.1, 0.15) is 11.3 Å². The summed E-state index contributed by atoms with van der Waals surface area (Å²) in [6.45, 7) is 3.11. The Bertz CT molecular complexity index is 916. The highest BCUT2D eigenvalue weighted by Crippen LogP contribution is 2.26. The first-order valence-electron chi connectivity index (χ1n) is 8.55. The second-order valence-corrected chi connectivity index (χ2v) is 6.44. The van der Waals surface area contributed by atoms with E-state index in [4.69, 9.17) is 9.15 Å². The molecule has 5 nitrogen and oxygen atoms in total. The molecule has 25 heavy (non-hydrogen) atoms. The van der Waals surface area contributed by atoms with Crippen molar-refractivity contribution in [3.63, 3.8) is 0 Å². The van der Waals surface area contributed by atoms with E-state index >= 15 is 0 Å². The number of carbonyl (C=O) groups is 1. The van der Waals surface area contributed by atoms with Crippen LogP contribution in [0.4, 0.5) is 0 Å². The summed E-state index contributed by atoms with van der Waals surface area (Å²) < 4.78 is 11.3. The van der Waals surface area contributed by atoms with Gasteiger partial charge in [-0.25, -0.2) is 4.98 Å². The Labute approximate surface area is 146 Å². The number of para-hydroxylation sites is 1. The lowest BCUT2D eigenvalue weighted by Crippen LogP contribution is -2.30. The summed E-state index contributed by atoms with van der Waals surface area (Å²) in [5.41, 5.74) is 3.21. The van der Waals surface area contributed by atoms with E-state index in [0.29, 0.717) is 36.1 Å². The first kappa shape index (κ1) is 15.7. The van der Waals surface area contributed by atoms with Crippen LogP contribution in [0.1, 0.15) is 28.2 Å². The number of ether oxygens (including phenoxy) is 1. The fourth-order valence-electron chi connectivity index (χ4n) is 3.26. The SMILES string of the molecule is Cc1nc2ccc(C(=O)NCC3CCOc4ccccc4C3)cc2o1. The molecule has 1 unspecified atom stereocenters. The maximum Gasteiger partial charge on any atom is 0.251 e. The van der Waals surface area contributed by atoms with E-state index in [1.54, 1.807) is 19.1 Å². The van der Waals surface area contributed by atoms with Crippen molar-refractivity contribution in [2.45, 2.75) is 19.8 Å². The van der Waals surface area contributed by atoms with Gasteiger partial charge in [0, 0.05) is 19.0 Å². The van der Waals surface area contributed by atoms with Crippen LogP contribution >= 0.6 is 0 Å². The molecule has 4 rings (SSSR count). The van der Waals surface area contributed by atoms with E-state index in [1.807, 2.05) is 24.3 Å². The fourth-order valence-corrected chi connectivity index (χ4v) is 3.26. The first-order valence-corrected chi connectivity index (χ1v) is 8.55. The Morgan fingerprint density at radius 3 is 3.08 bits per heavy atom. The fraction of sp³-hybridized carbons (Fsp3) is 0.300. The van der Waals surface area contributed by atoms with Crippen LogP contribution in [0.5, 0.6) is 5.75 Å². The van der Waals surface area contributed by atoms with Crippen LogP contribution < -0.4 is 10.1 Å². The molecule has 3 aromatic rings. The number of carbonyl (C=O) groups excluding carboxylic acids is 1. The lowest BCUT2D eigenvalue weighted by atomic mass is 9.97. The third kappa shape index (κ3) is 3.36. The minimum Gasteiger partial charge on any atom is -0.493 e. The third-order valence-electron chi connectivity index (χ3n) is 4.57. The minimum absolute atomic E-state index is 0.0885. The summed E-state index contributed by atoms with van der Waals surface area (Å²) in [4.78, 5) is 16.7. The Morgan fingerprint density at radius 2 is 2.16 bits per heavy atom. The summed E-state index contributed by atoms with van der Waals surface area (Å²) in [5.74, 6) is 1.84. The van der Waals surface area contributed by atoms with Gasteiger partial charge in [0.05, 0.1) is 6.61 Å². The molecule has 0 saturated carbocycles. The minimum atomic E-state index is -0.0885. The molecule has 1 aliphatic heterocycles. The Kier molecular flexibility index (Phi) is 4.14. The van der Waals surface area contributed by atoms with Crippen LogP contribution in [-0.4, -0.2) is 24.0 Å². The number of amides is 1. The standard InChI is InChI=1S/C20H20N2O3/c1-13-22-17-7-6-16(11-19(17)25-13)20(23)21-12-14-8-9-24-18-5-3-2-4-15(18)10-14/h2-7,11,14H,8-10,12H2,1H3,(H,21,23). The lowest BCUT2D eigenvalue weighted by molar-refractivity contribution is 0.0945. The molecular weight excluding hydrogens is 316 g/mol. The topological polar surface area (TPSA) is 64.4 Å². The predicted molar refractivity (Wildman–Crippen MR) is 94.8 cm³/mol. The molecule has 2 heterocycles. The highest BCUT2D eigenvalue weighted by atomic mass is 16.5. The van der Waals surface area contributed by atoms with Crippen LogP contribution in [0.15, 0.2) is 46.9 Å². The quantitative estimate of drug-likeness (QED) is 0.795. The number of fused-ring (bicyclic) bond motifs is 2. The number of benzene rings is 2.